The number of hydrogen-bond donors (Lipinski definition) is 2. The summed E-state index contributed by atoms with van der Waals surface area (Å²) in [6, 6.07) is 8.77. The third kappa shape index (κ3) is 2.82. The maximum atomic E-state index is 6.00. The molecular weight excluding hydrogens is 258 g/mol. The number of nitrogens with two attached hydrogens (primary N) is 1. The molecule has 0 radical (unpaired) electrons. The highest BCUT2D eigenvalue weighted by Gasteiger charge is 2.18. The van der Waals surface area contributed by atoms with Crippen LogP contribution in [-0.2, 0) is 0 Å². The highest BCUT2D eigenvalue weighted by molar-refractivity contribution is 6.31. The van der Waals surface area contributed by atoms with Crippen LogP contribution in [-0.4, -0.2) is 17.1 Å². The van der Waals surface area contributed by atoms with Gasteiger partial charge >= 0.3 is 0 Å². The molecule has 0 bridgehead atoms. The first-order chi connectivity index (χ1) is 9.22. The summed E-state index contributed by atoms with van der Waals surface area (Å²) in [6.45, 7) is 0. The standard InChI is InChI=1S/C15H18ClN3/c16-10-1-6-13-14(7-8-18-15(13)9-10)19-12-4-2-11(17)3-5-12/h1,6-9,11-12H,2-5,17H2,(H,18,19)/t11-,12+. The highest BCUT2D eigenvalue weighted by Crippen LogP contribution is 2.27. The first-order valence-electron chi connectivity index (χ1n) is 6.79. The van der Waals surface area contributed by atoms with Gasteiger partial charge in [0.25, 0.3) is 0 Å². The second kappa shape index (κ2) is 5.35. The fraction of sp³-hybridized carbons (Fsp3) is 0.400. The highest BCUT2D eigenvalue weighted by atomic mass is 35.5. The van der Waals surface area contributed by atoms with E-state index >= 15 is 0 Å². The van der Waals surface area contributed by atoms with Crippen LogP contribution in [0.25, 0.3) is 10.9 Å². The Morgan fingerprint density at radius 1 is 1.16 bits per heavy atom. The van der Waals surface area contributed by atoms with Crippen LogP contribution in [0.1, 0.15) is 25.7 Å². The van der Waals surface area contributed by atoms with Gasteiger partial charge in [0.2, 0.25) is 0 Å². The average molecular weight is 276 g/mol. The number of nitrogens with zero attached hydrogens (tertiary/aromatic N) is 1. The van der Waals surface area contributed by atoms with E-state index in [1.165, 1.54) is 0 Å². The zero-order valence-electron chi connectivity index (χ0n) is 10.8. The topological polar surface area (TPSA) is 50.9 Å². The Labute approximate surface area is 118 Å². The van der Waals surface area contributed by atoms with Crippen molar-refractivity contribution in [2.45, 2.75) is 37.8 Å². The van der Waals surface area contributed by atoms with Gasteiger partial charge in [-0.05, 0) is 49.9 Å². The number of pyridine rings is 1. The van der Waals surface area contributed by atoms with E-state index in [4.69, 9.17) is 17.3 Å². The van der Waals surface area contributed by atoms with Crippen LogP contribution in [0.15, 0.2) is 30.5 Å². The second-order valence-electron chi connectivity index (χ2n) is 5.28. The van der Waals surface area contributed by atoms with Crippen LogP contribution in [0.5, 0.6) is 0 Å². The van der Waals surface area contributed by atoms with E-state index < -0.39 is 0 Å². The van der Waals surface area contributed by atoms with Crippen molar-refractivity contribution in [3.8, 4) is 0 Å². The number of nitrogens with one attached hydrogen (secondary N) is 1. The third-order valence-corrected chi connectivity index (χ3v) is 4.07. The van der Waals surface area contributed by atoms with E-state index in [0.717, 1.165) is 47.3 Å². The summed E-state index contributed by atoms with van der Waals surface area (Å²) in [6.07, 6.45) is 6.31. The Morgan fingerprint density at radius 3 is 2.74 bits per heavy atom. The van der Waals surface area contributed by atoms with Crippen LogP contribution in [0, 0.1) is 0 Å². The van der Waals surface area contributed by atoms with Crippen molar-refractivity contribution in [1.82, 2.24) is 4.98 Å². The van der Waals surface area contributed by atoms with Gasteiger partial charge < -0.3 is 11.1 Å². The van der Waals surface area contributed by atoms with E-state index in [9.17, 15) is 0 Å². The molecule has 0 spiro atoms. The smallest absolute Gasteiger partial charge is 0.0737 e. The summed E-state index contributed by atoms with van der Waals surface area (Å²) < 4.78 is 0. The Bertz CT molecular complexity index is 577. The molecule has 19 heavy (non-hydrogen) atoms. The van der Waals surface area contributed by atoms with Crippen LogP contribution >= 0.6 is 11.6 Å². The van der Waals surface area contributed by atoms with Gasteiger partial charge in [-0.3, -0.25) is 4.98 Å². The molecule has 3 rings (SSSR count). The monoisotopic (exact) mass is 275 g/mol. The molecule has 4 heteroatoms. The molecule has 1 aromatic carbocycles. The lowest BCUT2D eigenvalue weighted by Crippen LogP contribution is -2.32. The lowest BCUT2D eigenvalue weighted by Gasteiger charge is -2.28. The number of halogens is 1. The SMILES string of the molecule is N[C@H]1CC[C@@H](Nc2ccnc3cc(Cl)ccc23)CC1. The zero-order valence-corrected chi connectivity index (χ0v) is 11.5. The van der Waals surface area contributed by atoms with Crippen LogP contribution in [0.4, 0.5) is 5.69 Å². The lowest BCUT2D eigenvalue weighted by atomic mass is 9.91. The van der Waals surface area contributed by atoms with E-state index in [1.807, 2.05) is 30.5 Å². The number of benzene rings is 1. The van der Waals surface area contributed by atoms with Crippen molar-refractivity contribution in [3.63, 3.8) is 0 Å². The van der Waals surface area contributed by atoms with Crippen molar-refractivity contribution in [2.24, 2.45) is 5.73 Å². The third-order valence-electron chi connectivity index (χ3n) is 3.84. The molecule has 1 fully saturated rings. The van der Waals surface area contributed by atoms with Crippen LogP contribution in [0.3, 0.4) is 0 Å². The Morgan fingerprint density at radius 2 is 1.95 bits per heavy atom. The maximum Gasteiger partial charge on any atom is 0.0737 e. The van der Waals surface area contributed by atoms with Crippen molar-refractivity contribution in [2.75, 3.05) is 5.32 Å². The lowest BCUT2D eigenvalue weighted by molar-refractivity contribution is 0.411. The molecule has 1 aliphatic carbocycles. The summed E-state index contributed by atoms with van der Waals surface area (Å²) in [5.74, 6) is 0. The van der Waals surface area contributed by atoms with E-state index in [-0.39, 0.29) is 0 Å². The summed E-state index contributed by atoms with van der Waals surface area (Å²) >= 11 is 6.00. The molecule has 1 heterocycles. The van der Waals surface area contributed by atoms with Gasteiger partial charge in [0.15, 0.2) is 0 Å². The molecule has 3 nitrogen and oxygen atoms in total. The molecule has 0 amide bonds. The molecule has 0 saturated heterocycles. The minimum atomic E-state index is 0.381. The van der Waals surface area contributed by atoms with Crippen molar-refractivity contribution >= 4 is 28.2 Å². The van der Waals surface area contributed by atoms with Gasteiger partial charge in [0.1, 0.15) is 0 Å². The molecule has 0 atom stereocenters. The molecule has 3 N–H and O–H groups in total. The summed E-state index contributed by atoms with van der Waals surface area (Å²) in [5, 5.41) is 5.47. The first kappa shape index (κ1) is 12.7. The van der Waals surface area contributed by atoms with Crippen molar-refractivity contribution in [1.29, 1.82) is 0 Å². The normalized spacial score (nSPS) is 23.5. The van der Waals surface area contributed by atoms with Gasteiger partial charge in [0, 0.05) is 34.4 Å². The molecule has 1 aliphatic rings. The Hall–Kier alpha value is -1.32. The quantitative estimate of drug-likeness (QED) is 0.881. The second-order valence-corrected chi connectivity index (χ2v) is 5.71. The van der Waals surface area contributed by atoms with Crippen molar-refractivity contribution in [3.05, 3.63) is 35.5 Å². The average Bonchev–Trinajstić information content (AvgIpc) is 2.41. The molecule has 100 valence electrons. The predicted octanol–water partition coefficient (Wildman–Crippen LogP) is 3.57. The molecule has 2 aromatic rings. The zero-order chi connectivity index (χ0) is 13.2. The summed E-state index contributed by atoms with van der Waals surface area (Å²) in [7, 11) is 0. The summed E-state index contributed by atoms with van der Waals surface area (Å²) in [4.78, 5) is 4.36. The molecule has 0 unspecified atom stereocenters. The van der Waals surface area contributed by atoms with Crippen LogP contribution < -0.4 is 11.1 Å². The fourth-order valence-corrected chi connectivity index (χ4v) is 2.90. The van der Waals surface area contributed by atoms with Gasteiger partial charge in [-0.2, -0.15) is 0 Å². The van der Waals surface area contributed by atoms with E-state index in [2.05, 4.69) is 10.3 Å². The fourth-order valence-electron chi connectivity index (χ4n) is 2.73. The van der Waals surface area contributed by atoms with Crippen LogP contribution in [0.2, 0.25) is 5.02 Å². The van der Waals surface area contributed by atoms with Gasteiger partial charge in [-0.15, -0.1) is 0 Å². The number of aromatic nitrogens is 1. The van der Waals surface area contributed by atoms with Gasteiger partial charge in [0.05, 0.1) is 5.52 Å². The largest absolute Gasteiger partial charge is 0.382 e. The molecule has 1 saturated carbocycles. The first-order valence-corrected chi connectivity index (χ1v) is 7.16. The summed E-state index contributed by atoms with van der Waals surface area (Å²) in [5.41, 5.74) is 8.02. The Kier molecular flexibility index (Phi) is 3.58. The molecule has 0 aliphatic heterocycles. The van der Waals surface area contributed by atoms with E-state index in [1.54, 1.807) is 0 Å². The molecule has 1 aromatic heterocycles. The number of anilines is 1. The Balaban J connectivity index is 1.84. The van der Waals surface area contributed by atoms with Crippen molar-refractivity contribution < 1.29 is 0 Å². The number of fused-ring (bicyclic) bond motifs is 1. The maximum absolute atomic E-state index is 6.00. The number of rotatable bonds is 2. The predicted molar refractivity (Wildman–Crippen MR) is 80.6 cm³/mol. The van der Waals surface area contributed by atoms with Gasteiger partial charge in [-0.25, -0.2) is 0 Å². The number of hydrogen-bond acceptors (Lipinski definition) is 3. The van der Waals surface area contributed by atoms with E-state index in [0.29, 0.717) is 12.1 Å². The van der Waals surface area contributed by atoms with Gasteiger partial charge in [-0.1, -0.05) is 11.6 Å². The minimum absolute atomic E-state index is 0.381. The minimum Gasteiger partial charge on any atom is -0.382 e. The molecular formula is C15H18ClN3.